The summed E-state index contributed by atoms with van der Waals surface area (Å²) in [7, 11) is 0. The highest BCUT2D eigenvalue weighted by Gasteiger charge is 2.09. The summed E-state index contributed by atoms with van der Waals surface area (Å²) in [5.41, 5.74) is 2.42. The molecule has 0 aliphatic carbocycles. The molecule has 2 rings (SSSR count). The molecular weight excluding hydrogens is 267 g/mol. The van der Waals surface area contributed by atoms with Crippen molar-refractivity contribution in [1.29, 1.82) is 0 Å². The Kier molecular flexibility index (Phi) is 4.73. The van der Waals surface area contributed by atoms with Crippen molar-refractivity contribution in [2.24, 2.45) is 0 Å². The molecule has 0 radical (unpaired) electrons. The number of anilines is 2. The van der Waals surface area contributed by atoms with E-state index < -0.39 is 0 Å². The highest BCUT2D eigenvalue weighted by atomic mass is 19.1. The van der Waals surface area contributed by atoms with E-state index in [2.05, 4.69) is 20.6 Å². The summed E-state index contributed by atoms with van der Waals surface area (Å²) in [4.78, 5) is 8.71. The summed E-state index contributed by atoms with van der Waals surface area (Å²) >= 11 is 0. The van der Waals surface area contributed by atoms with Gasteiger partial charge >= 0.3 is 0 Å². The zero-order valence-electron chi connectivity index (χ0n) is 12.9. The van der Waals surface area contributed by atoms with Crippen molar-refractivity contribution in [1.82, 2.24) is 9.97 Å². The summed E-state index contributed by atoms with van der Waals surface area (Å²) in [6.45, 7) is 8.42. The second-order valence-corrected chi connectivity index (χ2v) is 5.12. The van der Waals surface area contributed by atoms with Gasteiger partial charge in [-0.25, -0.2) is 9.37 Å². The maximum atomic E-state index is 13.6. The number of nitrogens with one attached hydrogen (secondary N) is 2. The van der Waals surface area contributed by atoms with Crippen LogP contribution in [0.1, 0.15) is 36.7 Å². The van der Waals surface area contributed by atoms with Crippen molar-refractivity contribution >= 4 is 11.8 Å². The molecule has 1 unspecified atom stereocenters. The van der Waals surface area contributed by atoms with Gasteiger partial charge in [0.15, 0.2) is 0 Å². The van der Waals surface area contributed by atoms with Crippen molar-refractivity contribution in [2.45, 2.75) is 33.7 Å². The van der Waals surface area contributed by atoms with Gasteiger partial charge in [0.1, 0.15) is 11.6 Å². The van der Waals surface area contributed by atoms with E-state index in [9.17, 15) is 4.39 Å². The van der Waals surface area contributed by atoms with Crippen molar-refractivity contribution in [3.05, 3.63) is 46.9 Å². The summed E-state index contributed by atoms with van der Waals surface area (Å²) in [5, 5.41) is 6.38. The Bertz CT molecular complexity index is 628. The lowest BCUT2D eigenvalue weighted by Crippen LogP contribution is -2.11. The Hall–Kier alpha value is -2.17. The average molecular weight is 288 g/mol. The van der Waals surface area contributed by atoms with Crippen LogP contribution in [0.3, 0.4) is 0 Å². The first-order chi connectivity index (χ1) is 9.99. The van der Waals surface area contributed by atoms with Crippen molar-refractivity contribution in [3.63, 3.8) is 0 Å². The fourth-order valence-electron chi connectivity index (χ4n) is 2.06. The van der Waals surface area contributed by atoms with Crippen LogP contribution in [0, 0.1) is 19.7 Å². The second kappa shape index (κ2) is 6.52. The maximum absolute atomic E-state index is 13.6. The SMILES string of the molecule is CCNc1nc(C)cc(NC(C)c2ccc(C)c(F)c2)n1. The number of aromatic nitrogens is 2. The molecule has 0 amide bonds. The summed E-state index contributed by atoms with van der Waals surface area (Å²) in [6, 6.07) is 7.12. The summed E-state index contributed by atoms with van der Waals surface area (Å²) < 4.78 is 13.6. The molecule has 21 heavy (non-hydrogen) atoms. The number of hydrogen-bond acceptors (Lipinski definition) is 4. The normalized spacial score (nSPS) is 12.0. The molecule has 2 N–H and O–H groups in total. The maximum Gasteiger partial charge on any atom is 0.224 e. The zero-order valence-corrected chi connectivity index (χ0v) is 12.9. The van der Waals surface area contributed by atoms with Gasteiger partial charge in [0.25, 0.3) is 0 Å². The van der Waals surface area contributed by atoms with Crippen molar-refractivity contribution < 1.29 is 4.39 Å². The van der Waals surface area contributed by atoms with Crippen LogP contribution >= 0.6 is 0 Å². The molecule has 4 nitrogen and oxygen atoms in total. The van der Waals surface area contributed by atoms with E-state index in [1.54, 1.807) is 19.1 Å². The van der Waals surface area contributed by atoms with Crippen LogP contribution in [-0.2, 0) is 0 Å². The van der Waals surface area contributed by atoms with E-state index in [1.165, 1.54) is 0 Å². The molecule has 0 aliphatic heterocycles. The molecule has 1 atom stereocenters. The molecule has 0 bridgehead atoms. The lowest BCUT2D eigenvalue weighted by atomic mass is 10.1. The van der Waals surface area contributed by atoms with Crippen molar-refractivity contribution in [2.75, 3.05) is 17.2 Å². The first-order valence-electron chi connectivity index (χ1n) is 7.11. The number of halogens is 1. The first-order valence-corrected chi connectivity index (χ1v) is 7.11. The Labute approximate surface area is 124 Å². The van der Waals surface area contributed by atoms with E-state index >= 15 is 0 Å². The molecule has 0 saturated heterocycles. The molecule has 0 spiro atoms. The minimum atomic E-state index is -0.187. The molecule has 112 valence electrons. The predicted octanol–water partition coefficient (Wildman–Crippen LogP) is 3.84. The average Bonchev–Trinajstić information content (AvgIpc) is 2.41. The summed E-state index contributed by atoms with van der Waals surface area (Å²) in [5.74, 6) is 1.14. The fraction of sp³-hybridized carbons (Fsp3) is 0.375. The van der Waals surface area contributed by atoms with Crippen LogP contribution < -0.4 is 10.6 Å². The van der Waals surface area contributed by atoms with E-state index in [0.717, 1.165) is 23.6 Å². The van der Waals surface area contributed by atoms with Crippen molar-refractivity contribution in [3.8, 4) is 0 Å². The van der Waals surface area contributed by atoms with Gasteiger partial charge in [0.05, 0.1) is 6.04 Å². The van der Waals surface area contributed by atoms with E-state index in [0.29, 0.717) is 11.5 Å². The molecule has 5 heteroatoms. The van der Waals surface area contributed by atoms with E-state index in [4.69, 9.17) is 0 Å². The molecular formula is C16H21FN4. The Morgan fingerprint density at radius 3 is 2.62 bits per heavy atom. The topological polar surface area (TPSA) is 49.8 Å². The van der Waals surface area contributed by atoms with Crippen LogP contribution in [0.2, 0.25) is 0 Å². The number of rotatable bonds is 5. The zero-order chi connectivity index (χ0) is 15.4. The molecule has 1 aromatic heterocycles. The summed E-state index contributed by atoms with van der Waals surface area (Å²) in [6.07, 6.45) is 0. The molecule has 2 aromatic rings. The monoisotopic (exact) mass is 288 g/mol. The van der Waals surface area contributed by atoms with Crippen LogP contribution in [-0.4, -0.2) is 16.5 Å². The Balaban J connectivity index is 2.18. The quantitative estimate of drug-likeness (QED) is 0.877. The Morgan fingerprint density at radius 2 is 1.95 bits per heavy atom. The van der Waals surface area contributed by atoms with Gasteiger partial charge in [-0.15, -0.1) is 0 Å². The second-order valence-electron chi connectivity index (χ2n) is 5.12. The molecule has 0 saturated carbocycles. The van der Waals surface area contributed by atoms with Gasteiger partial charge in [-0.3, -0.25) is 0 Å². The highest BCUT2D eigenvalue weighted by Crippen LogP contribution is 2.21. The van der Waals surface area contributed by atoms with Gasteiger partial charge in [-0.2, -0.15) is 4.98 Å². The third kappa shape index (κ3) is 3.90. The third-order valence-electron chi connectivity index (χ3n) is 3.25. The first kappa shape index (κ1) is 15.2. The number of benzene rings is 1. The molecule has 1 heterocycles. The minimum Gasteiger partial charge on any atom is -0.363 e. The Morgan fingerprint density at radius 1 is 1.19 bits per heavy atom. The number of aryl methyl sites for hydroxylation is 2. The van der Waals surface area contributed by atoms with Gasteiger partial charge in [-0.05, 0) is 44.9 Å². The van der Waals surface area contributed by atoms with E-state index in [1.807, 2.05) is 32.9 Å². The van der Waals surface area contributed by atoms with Gasteiger partial charge in [0.2, 0.25) is 5.95 Å². The standard InChI is InChI=1S/C16H21FN4/c1-5-18-16-19-11(3)8-15(21-16)20-12(4)13-7-6-10(2)14(17)9-13/h6-9,12H,5H2,1-4H3,(H2,18,19,20,21). The lowest BCUT2D eigenvalue weighted by Gasteiger charge is -2.16. The lowest BCUT2D eigenvalue weighted by molar-refractivity contribution is 0.614. The van der Waals surface area contributed by atoms with Gasteiger partial charge < -0.3 is 10.6 Å². The van der Waals surface area contributed by atoms with Crippen LogP contribution in [0.15, 0.2) is 24.3 Å². The van der Waals surface area contributed by atoms with E-state index in [-0.39, 0.29) is 11.9 Å². The highest BCUT2D eigenvalue weighted by molar-refractivity contribution is 5.44. The third-order valence-corrected chi connectivity index (χ3v) is 3.25. The van der Waals surface area contributed by atoms with Crippen LogP contribution in [0.4, 0.5) is 16.2 Å². The van der Waals surface area contributed by atoms with Crippen LogP contribution in [0.25, 0.3) is 0 Å². The number of hydrogen-bond donors (Lipinski definition) is 2. The molecule has 1 aromatic carbocycles. The fourth-order valence-corrected chi connectivity index (χ4v) is 2.06. The predicted molar refractivity (Wildman–Crippen MR) is 84.1 cm³/mol. The number of nitrogens with zero attached hydrogens (tertiary/aromatic N) is 2. The van der Waals surface area contributed by atoms with Gasteiger partial charge in [0, 0.05) is 18.3 Å². The molecule has 0 aliphatic rings. The largest absolute Gasteiger partial charge is 0.363 e. The smallest absolute Gasteiger partial charge is 0.224 e. The minimum absolute atomic E-state index is 0.0381. The van der Waals surface area contributed by atoms with Gasteiger partial charge in [-0.1, -0.05) is 12.1 Å². The van der Waals surface area contributed by atoms with Crippen LogP contribution in [0.5, 0.6) is 0 Å². The molecule has 0 fully saturated rings.